The first-order valence-corrected chi connectivity index (χ1v) is 9.26. The van der Waals surface area contributed by atoms with Gasteiger partial charge in [0, 0.05) is 23.1 Å². The molecule has 1 aliphatic heterocycles. The van der Waals surface area contributed by atoms with Crippen LogP contribution in [-0.2, 0) is 9.57 Å². The number of hydrogen-bond donors (Lipinski definition) is 1. The molecule has 1 aliphatic rings. The van der Waals surface area contributed by atoms with Crippen molar-refractivity contribution in [1.82, 2.24) is 10.4 Å². The SMILES string of the molecule is CON[C@@H]1[C@H](CSc2ccccc2)CN(C(=O)OC(C)(C)C)[C@H]1C. The number of ether oxygens (including phenoxy) is 1. The van der Waals surface area contributed by atoms with Crippen LogP contribution in [0.2, 0.25) is 0 Å². The number of nitrogens with one attached hydrogen (secondary N) is 1. The number of likely N-dealkylation sites (tertiary alicyclic amines) is 1. The van der Waals surface area contributed by atoms with Gasteiger partial charge in [0.15, 0.2) is 0 Å². The van der Waals surface area contributed by atoms with E-state index in [1.807, 2.05) is 45.9 Å². The zero-order chi connectivity index (χ0) is 17.7. The third-order valence-corrected chi connectivity index (χ3v) is 5.24. The Labute approximate surface area is 149 Å². The van der Waals surface area contributed by atoms with Crippen LogP contribution in [0.25, 0.3) is 0 Å². The molecule has 1 saturated heterocycles. The number of amides is 1. The molecule has 1 amide bonds. The molecular formula is C18H28N2O3S. The van der Waals surface area contributed by atoms with Crippen LogP contribution in [0.4, 0.5) is 4.79 Å². The maximum Gasteiger partial charge on any atom is 0.410 e. The minimum Gasteiger partial charge on any atom is -0.444 e. The van der Waals surface area contributed by atoms with Crippen molar-refractivity contribution in [1.29, 1.82) is 0 Å². The molecule has 1 aromatic rings. The molecule has 1 aromatic carbocycles. The molecule has 0 unspecified atom stereocenters. The highest BCUT2D eigenvalue weighted by atomic mass is 32.2. The van der Waals surface area contributed by atoms with Crippen LogP contribution in [0.1, 0.15) is 27.7 Å². The highest BCUT2D eigenvalue weighted by molar-refractivity contribution is 7.99. The molecular weight excluding hydrogens is 324 g/mol. The Bertz CT molecular complexity index is 533. The van der Waals surface area contributed by atoms with E-state index in [1.165, 1.54) is 4.90 Å². The summed E-state index contributed by atoms with van der Waals surface area (Å²) in [6.45, 7) is 8.36. The summed E-state index contributed by atoms with van der Waals surface area (Å²) in [5.74, 6) is 1.20. The molecule has 3 atom stereocenters. The highest BCUT2D eigenvalue weighted by Crippen LogP contribution is 2.30. The highest BCUT2D eigenvalue weighted by Gasteiger charge is 2.43. The van der Waals surface area contributed by atoms with Gasteiger partial charge in [-0.05, 0) is 39.8 Å². The molecule has 1 heterocycles. The van der Waals surface area contributed by atoms with Crippen molar-refractivity contribution < 1.29 is 14.4 Å². The Morgan fingerprint density at radius 2 is 2.00 bits per heavy atom. The number of benzene rings is 1. The number of carbonyl (C=O) groups excluding carboxylic acids is 1. The monoisotopic (exact) mass is 352 g/mol. The molecule has 5 nitrogen and oxygen atoms in total. The van der Waals surface area contributed by atoms with Crippen LogP contribution in [0.15, 0.2) is 35.2 Å². The average Bonchev–Trinajstić information content (AvgIpc) is 2.82. The number of hydroxylamine groups is 1. The summed E-state index contributed by atoms with van der Waals surface area (Å²) in [5.41, 5.74) is 2.58. The maximum atomic E-state index is 12.5. The molecule has 1 N–H and O–H groups in total. The molecule has 2 rings (SSSR count). The summed E-state index contributed by atoms with van der Waals surface area (Å²) in [6, 6.07) is 10.4. The smallest absolute Gasteiger partial charge is 0.410 e. The van der Waals surface area contributed by atoms with Gasteiger partial charge in [0.1, 0.15) is 5.60 Å². The Kier molecular flexibility index (Phi) is 6.54. The van der Waals surface area contributed by atoms with Crippen molar-refractivity contribution in [2.75, 3.05) is 19.4 Å². The topological polar surface area (TPSA) is 50.8 Å². The third-order valence-electron chi connectivity index (χ3n) is 4.04. The summed E-state index contributed by atoms with van der Waals surface area (Å²) < 4.78 is 5.54. The summed E-state index contributed by atoms with van der Waals surface area (Å²) in [7, 11) is 1.62. The standard InChI is InChI=1S/C18H28N2O3S/c1-13-16(19-22-5)14(12-24-15-9-7-6-8-10-15)11-20(13)17(21)23-18(2,3)4/h6-10,13-14,16,19H,11-12H2,1-5H3/t13-,14-,16-/m0/s1. The normalized spacial score (nSPS) is 24.2. The molecule has 0 aliphatic carbocycles. The zero-order valence-corrected chi connectivity index (χ0v) is 15.9. The predicted octanol–water partition coefficient (Wildman–Crippen LogP) is 3.55. The Balaban J connectivity index is 2.02. The number of thioether (sulfide) groups is 1. The first-order valence-electron chi connectivity index (χ1n) is 8.28. The lowest BCUT2D eigenvalue weighted by atomic mass is 10.0. The van der Waals surface area contributed by atoms with Gasteiger partial charge in [0.2, 0.25) is 0 Å². The summed E-state index contributed by atoms with van der Waals surface area (Å²) in [6.07, 6.45) is -0.259. The number of rotatable bonds is 5. The number of hydrogen-bond acceptors (Lipinski definition) is 5. The predicted molar refractivity (Wildman–Crippen MR) is 97.0 cm³/mol. The minimum atomic E-state index is -0.488. The van der Waals surface area contributed by atoms with Gasteiger partial charge < -0.3 is 14.5 Å². The zero-order valence-electron chi connectivity index (χ0n) is 15.1. The quantitative estimate of drug-likeness (QED) is 0.649. The van der Waals surface area contributed by atoms with Crippen LogP contribution in [0.3, 0.4) is 0 Å². The van der Waals surface area contributed by atoms with Crippen molar-refractivity contribution in [3.05, 3.63) is 30.3 Å². The lowest BCUT2D eigenvalue weighted by Crippen LogP contribution is -2.45. The molecule has 0 saturated carbocycles. The molecule has 0 radical (unpaired) electrons. The van der Waals surface area contributed by atoms with E-state index in [-0.39, 0.29) is 24.1 Å². The molecule has 0 spiro atoms. The van der Waals surface area contributed by atoms with E-state index in [2.05, 4.69) is 17.6 Å². The second kappa shape index (κ2) is 8.23. The first-order chi connectivity index (χ1) is 11.3. The summed E-state index contributed by atoms with van der Waals surface area (Å²) in [4.78, 5) is 20.7. The van der Waals surface area contributed by atoms with E-state index in [0.29, 0.717) is 6.54 Å². The Hall–Kier alpha value is -1.24. The van der Waals surface area contributed by atoms with Crippen LogP contribution in [-0.4, -0.2) is 48.1 Å². The average molecular weight is 353 g/mol. The van der Waals surface area contributed by atoms with E-state index in [0.717, 1.165) is 5.75 Å². The van der Waals surface area contributed by atoms with Crippen molar-refractivity contribution >= 4 is 17.9 Å². The summed E-state index contributed by atoms with van der Waals surface area (Å²) >= 11 is 1.80. The maximum absolute atomic E-state index is 12.5. The minimum absolute atomic E-state index is 0.0150. The second-order valence-corrected chi connectivity index (χ2v) is 8.20. The van der Waals surface area contributed by atoms with E-state index < -0.39 is 5.60 Å². The molecule has 0 bridgehead atoms. The van der Waals surface area contributed by atoms with Crippen molar-refractivity contribution in [2.45, 2.75) is 50.3 Å². The largest absolute Gasteiger partial charge is 0.444 e. The summed E-state index contributed by atoms with van der Waals surface area (Å²) in [5, 5.41) is 0. The van der Waals surface area contributed by atoms with E-state index in [1.54, 1.807) is 23.8 Å². The van der Waals surface area contributed by atoms with Gasteiger partial charge in [-0.15, -0.1) is 11.8 Å². The van der Waals surface area contributed by atoms with Gasteiger partial charge in [-0.1, -0.05) is 18.2 Å². The molecule has 1 fully saturated rings. The molecule has 134 valence electrons. The number of nitrogens with zero attached hydrogens (tertiary/aromatic N) is 1. The third kappa shape index (κ3) is 5.13. The molecule has 0 aromatic heterocycles. The van der Waals surface area contributed by atoms with Gasteiger partial charge in [-0.3, -0.25) is 0 Å². The first kappa shape index (κ1) is 19.1. The van der Waals surface area contributed by atoms with Crippen LogP contribution in [0, 0.1) is 5.92 Å². The van der Waals surface area contributed by atoms with Gasteiger partial charge in [-0.25, -0.2) is 4.79 Å². The van der Waals surface area contributed by atoms with Gasteiger partial charge in [-0.2, -0.15) is 5.48 Å². The van der Waals surface area contributed by atoms with Crippen molar-refractivity contribution in [2.24, 2.45) is 5.92 Å². The van der Waals surface area contributed by atoms with Crippen LogP contribution in [0.5, 0.6) is 0 Å². The molecule has 24 heavy (non-hydrogen) atoms. The van der Waals surface area contributed by atoms with Crippen LogP contribution >= 0.6 is 11.8 Å². The van der Waals surface area contributed by atoms with Crippen LogP contribution < -0.4 is 5.48 Å². The lowest BCUT2D eigenvalue weighted by Gasteiger charge is -2.28. The Morgan fingerprint density at radius 1 is 1.33 bits per heavy atom. The number of carbonyl (C=O) groups is 1. The fourth-order valence-electron chi connectivity index (χ4n) is 2.89. The molecule has 6 heteroatoms. The van der Waals surface area contributed by atoms with Crippen molar-refractivity contribution in [3.63, 3.8) is 0 Å². The fraction of sp³-hybridized carbons (Fsp3) is 0.611. The van der Waals surface area contributed by atoms with Gasteiger partial charge in [0.05, 0.1) is 19.2 Å². The Morgan fingerprint density at radius 3 is 2.58 bits per heavy atom. The fourth-order valence-corrected chi connectivity index (χ4v) is 3.96. The lowest BCUT2D eigenvalue weighted by molar-refractivity contribution is 0.0152. The van der Waals surface area contributed by atoms with E-state index in [9.17, 15) is 4.79 Å². The van der Waals surface area contributed by atoms with Crippen molar-refractivity contribution in [3.8, 4) is 0 Å². The van der Waals surface area contributed by atoms with Gasteiger partial charge >= 0.3 is 6.09 Å². The van der Waals surface area contributed by atoms with E-state index >= 15 is 0 Å². The van der Waals surface area contributed by atoms with Gasteiger partial charge in [0.25, 0.3) is 0 Å². The van der Waals surface area contributed by atoms with E-state index in [4.69, 9.17) is 9.57 Å². The second-order valence-electron chi connectivity index (χ2n) is 7.11.